The van der Waals surface area contributed by atoms with Gasteiger partial charge in [-0.05, 0) is 49.2 Å². The van der Waals surface area contributed by atoms with E-state index in [1.807, 2.05) is 30.5 Å². The molecule has 23 heavy (non-hydrogen) atoms. The van der Waals surface area contributed by atoms with Crippen molar-refractivity contribution in [3.05, 3.63) is 54.0 Å². The van der Waals surface area contributed by atoms with Crippen LogP contribution < -0.4 is 5.32 Å². The molecule has 3 aromatic rings. The van der Waals surface area contributed by atoms with E-state index >= 15 is 0 Å². The van der Waals surface area contributed by atoms with Crippen LogP contribution in [0, 0.1) is 0 Å². The summed E-state index contributed by atoms with van der Waals surface area (Å²) in [5.41, 5.74) is 2.93. The van der Waals surface area contributed by atoms with Crippen LogP contribution in [0.1, 0.15) is 24.2 Å². The maximum Gasteiger partial charge on any atom is 0.160 e. The van der Waals surface area contributed by atoms with Crippen molar-refractivity contribution < 1.29 is 5.11 Å². The molecule has 0 bridgehead atoms. The summed E-state index contributed by atoms with van der Waals surface area (Å²) in [6, 6.07) is 11.8. The van der Waals surface area contributed by atoms with Crippen molar-refractivity contribution in [2.24, 2.45) is 0 Å². The number of aromatic nitrogens is 3. The average molecular weight is 308 g/mol. The number of nitrogens with one attached hydrogen (secondary N) is 1. The molecule has 1 aliphatic rings. The van der Waals surface area contributed by atoms with Crippen LogP contribution in [-0.4, -0.2) is 32.2 Å². The van der Waals surface area contributed by atoms with Gasteiger partial charge in [0.25, 0.3) is 0 Å². The molecular weight excluding hydrogens is 288 g/mol. The fourth-order valence-corrected chi connectivity index (χ4v) is 3.31. The van der Waals surface area contributed by atoms with E-state index in [0.717, 1.165) is 35.6 Å². The highest BCUT2D eigenvalue weighted by Crippen LogP contribution is 2.20. The zero-order valence-electron chi connectivity index (χ0n) is 12.9. The number of fused-ring (bicyclic) bond motifs is 1. The van der Waals surface area contributed by atoms with Crippen molar-refractivity contribution in [2.45, 2.75) is 31.8 Å². The van der Waals surface area contributed by atoms with Crippen molar-refractivity contribution in [1.82, 2.24) is 19.9 Å². The third kappa shape index (κ3) is 2.92. The van der Waals surface area contributed by atoms with E-state index in [4.69, 9.17) is 4.98 Å². The lowest BCUT2D eigenvalue weighted by Crippen LogP contribution is -2.27. The molecule has 2 aromatic heterocycles. The molecule has 5 nitrogen and oxygen atoms in total. The minimum atomic E-state index is 0.292. The number of phenolic OH excluding ortho intramolecular Hbond substituents is 1. The molecule has 0 saturated carbocycles. The van der Waals surface area contributed by atoms with Crippen molar-refractivity contribution in [3.8, 4) is 5.75 Å². The van der Waals surface area contributed by atoms with E-state index in [1.165, 1.54) is 12.8 Å². The number of aromatic hydroxyl groups is 1. The Morgan fingerprint density at radius 2 is 2.22 bits per heavy atom. The van der Waals surface area contributed by atoms with Crippen LogP contribution in [0.2, 0.25) is 0 Å². The Labute approximate surface area is 135 Å². The summed E-state index contributed by atoms with van der Waals surface area (Å²) >= 11 is 0. The topological polar surface area (TPSA) is 63.0 Å². The van der Waals surface area contributed by atoms with E-state index in [-0.39, 0.29) is 0 Å². The number of hydrogen-bond acceptors (Lipinski definition) is 4. The summed E-state index contributed by atoms with van der Waals surface area (Å²) in [4.78, 5) is 9.30. The van der Waals surface area contributed by atoms with Crippen molar-refractivity contribution in [2.75, 3.05) is 6.54 Å². The van der Waals surface area contributed by atoms with Gasteiger partial charge in [0.2, 0.25) is 0 Å². The van der Waals surface area contributed by atoms with Gasteiger partial charge in [-0.15, -0.1) is 0 Å². The van der Waals surface area contributed by atoms with Crippen LogP contribution >= 0.6 is 0 Å². The number of pyridine rings is 1. The maximum absolute atomic E-state index is 9.68. The highest BCUT2D eigenvalue weighted by molar-refractivity contribution is 5.71. The molecule has 1 fully saturated rings. The highest BCUT2D eigenvalue weighted by Gasteiger charge is 2.19. The van der Waals surface area contributed by atoms with Crippen LogP contribution in [0.15, 0.2) is 42.6 Å². The van der Waals surface area contributed by atoms with Gasteiger partial charge >= 0.3 is 0 Å². The molecular formula is C18H20N4O. The van der Waals surface area contributed by atoms with Crippen LogP contribution in [0.3, 0.4) is 0 Å². The normalized spacial score (nSPS) is 17.8. The standard InChI is InChI=1S/C18H20N4O/c23-15-6-1-4-13(10-15)11-17-21-16-7-3-9-20-18(16)22(17)12-14-5-2-8-19-14/h1,3-4,6-7,9-10,14,19,23H,2,5,8,11-12H2. The summed E-state index contributed by atoms with van der Waals surface area (Å²) in [6.45, 7) is 1.98. The first-order valence-corrected chi connectivity index (χ1v) is 8.11. The van der Waals surface area contributed by atoms with Crippen LogP contribution in [-0.2, 0) is 13.0 Å². The second-order valence-electron chi connectivity index (χ2n) is 6.12. The Morgan fingerprint density at radius 3 is 3.04 bits per heavy atom. The van der Waals surface area contributed by atoms with Gasteiger partial charge in [0.05, 0.1) is 0 Å². The second-order valence-corrected chi connectivity index (χ2v) is 6.12. The van der Waals surface area contributed by atoms with Crippen LogP contribution in [0.25, 0.3) is 11.2 Å². The molecule has 0 aliphatic carbocycles. The molecule has 3 heterocycles. The predicted octanol–water partition coefficient (Wildman–Crippen LogP) is 2.48. The van der Waals surface area contributed by atoms with Gasteiger partial charge in [-0.1, -0.05) is 12.1 Å². The number of benzene rings is 1. The lowest BCUT2D eigenvalue weighted by Gasteiger charge is -2.14. The SMILES string of the molecule is Oc1cccc(Cc2nc3cccnc3n2CC2CCCN2)c1. The third-order valence-electron chi connectivity index (χ3n) is 4.42. The van der Waals surface area contributed by atoms with Gasteiger partial charge in [0.1, 0.15) is 17.1 Å². The van der Waals surface area contributed by atoms with Gasteiger partial charge in [-0.2, -0.15) is 0 Å². The quantitative estimate of drug-likeness (QED) is 0.777. The first-order valence-electron chi connectivity index (χ1n) is 8.11. The van der Waals surface area contributed by atoms with Crippen molar-refractivity contribution in [3.63, 3.8) is 0 Å². The predicted molar refractivity (Wildman–Crippen MR) is 89.5 cm³/mol. The molecule has 1 aliphatic heterocycles. The van der Waals surface area contributed by atoms with Crippen LogP contribution in [0.5, 0.6) is 5.75 Å². The maximum atomic E-state index is 9.68. The van der Waals surface area contributed by atoms with Gasteiger partial charge in [-0.25, -0.2) is 9.97 Å². The number of phenols is 1. The second kappa shape index (κ2) is 6.01. The number of hydrogen-bond donors (Lipinski definition) is 2. The first-order chi connectivity index (χ1) is 11.3. The molecule has 1 saturated heterocycles. The highest BCUT2D eigenvalue weighted by atomic mass is 16.3. The van der Waals surface area contributed by atoms with Gasteiger partial charge in [0.15, 0.2) is 5.65 Å². The zero-order valence-corrected chi connectivity index (χ0v) is 12.9. The molecule has 0 amide bonds. The van der Waals surface area contributed by atoms with E-state index in [9.17, 15) is 5.11 Å². The van der Waals surface area contributed by atoms with Gasteiger partial charge in [-0.3, -0.25) is 0 Å². The molecule has 5 heteroatoms. The largest absolute Gasteiger partial charge is 0.508 e. The van der Waals surface area contributed by atoms with Gasteiger partial charge in [0, 0.05) is 25.2 Å². The minimum absolute atomic E-state index is 0.292. The smallest absolute Gasteiger partial charge is 0.160 e. The lowest BCUT2D eigenvalue weighted by molar-refractivity contribution is 0.474. The number of imidazole rings is 1. The summed E-state index contributed by atoms with van der Waals surface area (Å²) in [6.07, 6.45) is 4.93. The Morgan fingerprint density at radius 1 is 1.26 bits per heavy atom. The molecule has 0 spiro atoms. The molecule has 1 unspecified atom stereocenters. The Bertz CT molecular complexity index is 821. The van der Waals surface area contributed by atoms with E-state index in [2.05, 4.69) is 14.9 Å². The minimum Gasteiger partial charge on any atom is -0.508 e. The van der Waals surface area contributed by atoms with E-state index in [1.54, 1.807) is 12.1 Å². The molecule has 4 rings (SSSR count). The van der Waals surface area contributed by atoms with E-state index in [0.29, 0.717) is 18.2 Å². The zero-order chi connectivity index (χ0) is 15.6. The molecule has 1 aromatic carbocycles. The molecule has 1 atom stereocenters. The lowest BCUT2D eigenvalue weighted by atomic mass is 10.1. The van der Waals surface area contributed by atoms with Crippen molar-refractivity contribution >= 4 is 11.2 Å². The van der Waals surface area contributed by atoms with Gasteiger partial charge < -0.3 is 15.0 Å². The number of nitrogens with zero attached hydrogens (tertiary/aromatic N) is 3. The summed E-state index contributed by atoms with van der Waals surface area (Å²) < 4.78 is 2.22. The monoisotopic (exact) mass is 308 g/mol. The first kappa shape index (κ1) is 14.2. The van der Waals surface area contributed by atoms with E-state index < -0.39 is 0 Å². The fraction of sp³-hybridized carbons (Fsp3) is 0.333. The Balaban J connectivity index is 1.72. The average Bonchev–Trinajstić information content (AvgIpc) is 3.17. The number of rotatable bonds is 4. The van der Waals surface area contributed by atoms with Crippen molar-refractivity contribution in [1.29, 1.82) is 0 Å². The van der Waals surface area contributed by atoms with Crippen LogP contribution in [0.4, 0.5) is 0 Å². The fourth-order valence-electron chi connectivity index (χ4n) is 3.31. The molecule has 0 radical (unpaired) electrons. The summed E-state index contributed by atoms with van der Waals surface area (Å²) in [5, 5.41) is 13.2. The summed E-state index contributed by atoms with van der Waals surface area (Å²) in [5.74, 6) is 1.29. The molecule has 118 valence electrons. The molecule has 2 N–H and O–H groups in total. The Hall–Kier alpha value is -2.40. The summed E-state index contributed by atoms with van der Waals surface area (Å²) in [7, 11) is 0. The third-order valence-corrected chi connectivity index (χ3v) is 4.42. The Kier molecular flexibility index (Phi) is 3.71.